The Balaban J connectivity index is 1.54. The Hall–Kier alpha value is -1.38. The molecule has 0 radical (unpaired) electrons. The highest BCUT2D eigenvalue weighted by Gasteiger charge is 2.19. The highest BCUT2D eigenvalue weighted by molar-refractivity contribution is 5.31. The van der Waals surface area contributed by atoms with Gasteiger partial charge in [-0.05, 0) is 62.0 Å². The molecule has 1 nitrogen and oxygen atoms in total. The molecule has 0 spiro atoms. The molecule has 2 aliphatic rings. The summed E-state index contributed by atoms with van der Waals surface area (Å²) >= 11 is 0. The van der Waals surface area contributed by atoms with Crippen LogP contribution in [0.2, 0.25) is 0 Å². The molecule has 0 aliphatic heterocycles. The molecule has 0 atom stereocenters. The fourth-order valence-electron chi connectivity index (χ4n) is 3.08. The van der Waals surface area contributed by atoms with Crippen LogP contribution < -0.4 is 4.74 Å². The molecule has 0 N–H and O–H groups in total. The van der Waals surface area contributed by atoms with Gasteiger partial charge in [0.25, 0.3) is 0 Å². The van der Waals surface area contributed by atoms with Crippen molar-refractivity contribution in [1.29, 1.82) is 0 Å². The van der Waals surface area contributed by atoms with E-state index in [1.807, 2.05) is 0 Å². The molecule has 0 saturated heterocycles. The van der Waals surface area contributed by atoms with Gasteiger partial charge < -0.3 is 4.74 Å². The third-order valence-corrected chi connectivity index (χ3v) is 4.69. The van der Waals surface area contributed by atoms with Gasteiger partial charge in [0.1, 0.15) is 0 Å². The fourth-order valence-corrected chi connectivity index (χ4v) is 3.08. The Kier molecular flexibility index (Phi) is 5.12. The van der Waals surface area contributed by atoms with E-state index in [9.17, 15) is 8.78 Å². The molecule has 2 saturated carbocycles. The van der Waals surface area contributed by atoms with E-state index >= 15 is 0 Å². The van der Waals surface area contributed by atoms with Crippen molar-refractivity contribution in [2.45, 2.75) is 51.4 Å². The molecule has 1 aromatic rings. The van der Waals surface area contributed by atoms with Crippen molar-refractivity contribution < 1.29 is 13.5 Å². The van der Waals surface area contributed by atoms with Crippen LogP contribution in [0.4, 0.5) is 8.78 Å². The second-order valence-electron chi connectivity index (χ2n) is 6.62. The Morgan fingerprint density at radius 3 is 2.55 bits per heavy atom. The zero-order valence-electron chi connectivity index (χ0n) is 13.0. The topological polar surface area (TPSA) is 9.23 Å². The molecule has 0 amide bonds. The molecule has 3 heteroatoms. The molecule has 120 valence electrons. The van der Waals surface area contributed by atoms with Crippen molar-refractivity contribution in [3.8, 4) is 5.75 Å². The van der Waals surface area contributed by atoms with Crippen LogP contribution >= 0.6 is 0 Å². The maximum atomic E-state index is 14.1. The Morgan fingerprint density at radius 2 is 1.82 bits per heavy atom. The zero-order chi connectivity index (χ0) is 15.4. The third-order valence-electron chi connectivity index (χ3n) is 4.69. The SMILES string of the molecule is Fc1c(CC/C=C/C2CC2)ccc(OCC2CCCC2)c1F. The van der Waals surface area contributed by atoms with Gasteiger partial charge in [-0.25, -0.2) is 4.39 Å². The lowest BCUT2D eigenvalue weighted by Crippen LogP contribution is -2.10. The first-order valence-corrected chi connectivity index (χ1v) is 8.50. The van der Waals surface area contributed by atoms with Gasteiger partial charge in [0.15, 0.2) is 11.6 Å². The minimum absolute atomic E-state index is 0.0571. The predicted octanol–water partition coefficient (Wildman–Crippen LogP) is 5.43. The van der Waals surface area contributed by atoms with Gasteiger partial charge in [-0.1, -0.05) is 31.1 Å². The molecule has 22 heavy (non-hydrogen) atoms. The molecule has 0 unspecified atom stereocenters. The van der Waals surface area contributed by atoms with Gasteiger partial charge >= 0.3 is 0 Å². The Labute approximate surface area is 131 Å². The summed E-state index contributed by atoms with van der Waals surface area (Å²) < 4.78 is 33.6. The molecule has 0 bridgehead atoms. The molecule has 2 fully saturated rings. The maximum absolute atomic E-state index is 14.1. The Bertz CT molecular complexity index is 528. The number of benzene rings is 1. The number of halogens is 2. The number of allylic oxidation sites excluding steroid dienone is 2. The van der Waals surface area contributed by atoms with E-state index in [0.29, 0.717) is 24.5 Å². The van der Waals surface area contributed by atoms with Crippen LogP contribution in [0.3, 0.4) is 0 Å². The summed E-state index contributed by atoms with van der Waals surface area (Å²) in [7, 11) is 0. The molecule has 2 aliphatic carbocycles. The molecule has 1 aromatic carbocycles. The van der Waals surface area contributed by atoms with Crippen LogP contribution in [-0.2, 0) is 6.42 Å². The quantitative estimate of drug-likeness (QED) is 0.610. The van der Waals surface area contributed by atoms with E-state index < -0.39 is 11.6 Å². The van der Waals surface area contributed by atoms with Crippen LogP contribution in [0.5, 0.6) is 5.75 Å². The monoisotopic (exact) mass is 306 g/mol. The van der Waals surface area contributed by atoms with E-state index in [0.717, 1.165) is 25.2 Å². The predicted molar refractivity (Wildman–Crippen MR) is 84.0 cm³/mol. The number of hydrogen-bond donors (Lipinski definition) is 0. The minimum Gasteiger partial charge on any atom is -0.490 e. The Morgan fingerprint density at radius 1 is 1.05 bits per heavy atom. The number of aryl methyl sites for hydroxylation is 1. The summed E-state index contributed by atoms with van der Waals surface area (Å²) in [4.78, 5) is 0. The largest absolute Gasteiger partial charge is 0.490 e. The first kappa shape index (κ1) is 15.5. The van der Waals surface area contributed by atoms with Crippen molar-refractivity contribution in [2.75, 3.05) is 6.61 Å². The second kappa shape index (κ2) is 7.26. The summed E-state index contributed by atoms with van der Waals surface area (Å²) in [5.74, 6) is -0.297. The molecular weight excluding hydrogens is 282 g/mol. The number of hydrogen-bond acceptors (Lipinski definition) is 1. The van der Waals surface area contributed by atoms with E-state index in [2.05, 4.69) is 12.2 Å². The van der Waals surface area contributed by atoms with E-state index in [-0.39, 0.29) is 5.75 Å². The van der Waals surface area contributed by atoms with Crippen LogP contribution in [0.1, 0.15) is 50.5 Å². The fraction of sp³-hybridized carbons (Fsp3) is 0.579. The highest BCUT2D eigenvalue weighted by atomic mass is 19.2. The molecular formula is C19H24F2O. The summed E-state index contributed by atoms with van der Waals surface area (Å²) in [5, 5.41) is 0. The third kappa shape index (κ3) is 4.08. The lowest BCUT2D eigenvalue weighted by atomic mass is 10.1. The number of rotatable bonds is 7. The first-order chi connectivity index (χ1) is 10.7. The van der Waals surface area contributed by atoms with E-state index in [1.165, 1.54) is 25.7 Å². The second-order valence-corrected chi connectivity index (χ2v) is 6.62. The summed E-state index contributed by atoms with van der Waals surface area (Å²) in [5.41, 5.74) is 0.436. The first-order valence-electron chi connectivity index (χ1n) is 8.50. The molecule has 3 rings (SSSR count). The van der Waals surface area contributed by atoms with Crippen LogP contribution in [0.25, 0.3) is 0 Å². The summed E-state index contributed by atoms with van der Waals surface area (Å²) in [6, 6.07) is 3.24. The van der Waals surface area contributed by atoms with Crippen molar-refractivity contribution in [3.63, 3.8) is 0 Å². The average Bonchev–Trinajstić information content (AvgIpc) is 3.20. The summed E-state index contributed by atoms with van der Waals surface area (Å²) in [6.45, 7) is 0.500. The number of ether oxygens (including phenoxy) is 1. The van der Waals surface area contributed by atoms with Crippen LogP contribution in [0.15, 0.2) is 24.3 Å². The van der Waals surface area contributed by atoms with Gasteiger partial charge in [-0.3, -0.25) is 0 Å². The summed E-state index contributed by atoms with van der Waals surface area (Å²) in [6.07, 6.45) is 12.8. The normalized spacial score (nSPS) is 19.2. The van der Waals surface area contributed by atoms with Gasteiger partial charge in [-0.2, -0.15) is 4.39 Å². The van der Waals surface area contributed by atoms with Crippen molar-refractivity contribution in [3.05, 3.63) is 41.5 Å². The van der Waals surface area contributed by atoms with Gasteiger partial charge in [0.05, 0.1) is 6.61 Å². The van der Waals surface area contributed by atoms with Crippen LogP contribution in [0, 0.1) is 23.5 Å². The maximum Gasteiger partial charge on any atom is 0.200 e. The zero-order valence-corrected chi connectivity index (χ0v) is 13.0. The lowest BCUT2D eigenvalue weighted by molar-refractivity contribution is 0.238. The van der Waals surface area contributed by atoms with Crippen molar-refractivity contribution in [1.82, 2.24) is 0 Å². The van der Waals surface area contributed by atoms with Crippen molar-refractivity contribution >= 4 is 0 Å². The van der Waals surface area contributed by atoms with Gasteiger partial charge in [0, 0.05) is 0 Å². The standard InChI is InChI=1S/C19H24F2O/c20-18-16(8-4-3-5-14-9-10-14)11-12-17(19(18)21)22-13-15-6-1-2-7-15/h3,5,11-12,14-15H,1-2,4,6-10,13H2/b5-3+. The van der Waals surface area contributed by atoms with Crippen LogP contribution in [-0.4, -0.2) is 6.61 Å². The van der Waals surface area contributed by atoms with E-state index in [4.69, 9.17) is 4.74 Å². The minimum atomic E-state index is -0.832. The van der Waals surface area contributed by atoms with E-state index in [1.54, 1.807) is 12.1 Å². The smallest absolute Gasteiger partial charge is 0.200 e. The molecule has 0 heterocycles. The van der Waals surface area contributed by atoms with Gasteiger partial charge in [0.2, 0.25) is 5.82 Å². The van der Waals surface area contributed by atoms with Gasteiger partial charge in [-0.15, -0.1) is 0 Å². The highest BCUT2D eigenvalue weighted by Crippen LogP contribution is 2.31. The molecule has 0 aromatic heterocycles. The average molecular weight is 306 g/mol. The van der Waals surface area contributed by atoms with Crippen molar-refractivity contribution in [2.24, 2.45) is 11.8 Å². The lowest BCUT2D eigenvalue weighted by Gasteiger charge is -2.13.